The number of anilines is 1. The molecule has 0 bridgehead atoms. The van der Waals surface area contributed by atoms with Gasteiger partial charge in [-0.05, 0) is 54.3 Å². The summed E-state index contributed by atoms with van der Waals surface area (Å²) in [4.78, 5) is 12.3. The van der Waals surface area contributed by atoms with E-state index >= 15 is 0 Å². The molecule has 1 atom stereocenters. The zero-order chi connectivity index (χ0) is 20.8. The molecule has 3 N–H and O–H groups in total. The highest BCUT2D eigenvalue weighted by atomic mass is 16.2. The zero-order valence-corrected chi connectivity index (χ0v) is 17.0. The molecule has 0 radical (unpaired) electrons. The number of aliphatic hydroxyl groups is 1. The molecule has 0 saturated carbocycles. The second-order valence-electron chi connectivity index (χ2n) is 7.64. The monoisotopic (exact) mass is 401 g/mol. The molecule has 1 unspecified atom stereocenters. The van der Waals surface area contributed by atoms with Crippen LogP contribution in [0.2, 0.25) is 0 Å². The Labute approximate surface area is 175 Å². The van der Waals surface area contributed by atoms with Crippen LogP contribution in [0.25, 0.3) is 23.1 Å². The van der Waals surface area contributed by atoms with Crippen LogP contribution in [-0.2, 0) is 4.79 Å². The summed E-state index contributed by atoms with van der Waals surface area (Å²) in [6.07, 6.45) is 12.2. The molecule has 3 aromatic rings. The molecular formula is C25H27N3O2. The second kappa shape index (κ2) is 9.55. The van der Waals surface area contributed by atoms with E-state index < -0.39 is 0 Å². The molecule has 1 aromatic heterocycles. The SMILES string of the molecule is O=C(CCC/C=C/CCO)Nc1ccc2n[nH]c(C3C=c4ccccc4=CC3)c2c1. The van der Waals surface area contributed by atoms with Gasteiger partial charge in [-0.2, -0.15) is 5.10 Å². The number of hydrogen-bond donors (Lipinski definition) is 3. The lowest BCUT2D eigenvalue weighted by Crippen LogP contribution is -2.27. The average molecular weight is 402 g/mol. The summed E-state index contributed by atoms with van der Waals surface area (Å²) in [5, 5.41) is 23.0. The number of benzene rings is 2. The van der Waals surface area contributed by atoms with E-state index in [0.29, 0.717) is 12.8 Å². The zero-order valence-electron chi connectivity index (χ0n) is 17.0. The third-order valence-corrected chi connectivity index (χ3v) is 5.44. The van der Waals surface area contributed by atoms with Crippen molar-refractivity contribution in [3.8, 4) is 0 Å². The number of nitrogens with zero attached hydrogens (tertiary/aromatic N) is 1. The fourth-order valence-corrected chi connectivity index (χ4v) is 3.89. The Morgan fingerprint density at radius 3 is 2.87 bits per heavy atom. The molecule has 1 amide bonds. The first-order valence-corrected chi connectivity index (χ1v) is 10.6. The molecule has 0 fully saturated rings. The number of hydrogen-bond acceptors (Lipinski definition) is 3. The van der Waals surface area contributed by atoms with Crippen LogP contribution in [0, 0.1) is 0 Å². The van der Waals surface area contributed by atoms with Crippen LogP contribution in [0.5, 0.6) is 0 Å². The van der Waals surface area contributed by atoms with Crippen molar-refractivity contribution < 1.29 is 9.90 Å². The number of allylic oxidation sites excluding steroid dienone is 1. The molecular weight excluding hydrogens is 374 g/mol. The number of carbonyl (C=O) groups is 1. The molecule has 30 heavy (non-hydrogen) atoms. The van der Waals surface area contributed by atoms with Gasteiger partial charge in [0.05, 0.1) is 11.2 Å². The van der Waals surface area contributed by atoms with E-state index in [1.165, 1.54) is 10.4 Å². The van der Waals surface area contributed by atoms with E-state index in [-0.39, 0.29) is 18.4 Å². The van der Waals surface area contributed by atoms with Gasteiger partial charge in [0.1, 0.15) is 0 Å². The van der Waals surface area contributed by atoms with E-state index in [1.54, 1.807) is 0 Å². The predicted molar refractivity (Wildman–Crippen MR) is 121 cm³/mol. The van der Waals surface area contributed by atoms with Crippen molar-refractivity contribution >= 4 is 34.6 Å². The van der Waals surface area contributed by atoms with Crippen LogP contribution in [0.1, 0.15) is 43.7 Å². The first-order chi connectivity index (χ1) is 14.7. The summed E-state index contributed by atoms with van der Waals surface area (Å²) in [6.45, 7) is 0.165. The van der Waals surface area contributed by atoms with Crippen LogP contribution in [0.15, 0.2) is 54.6 Å². The van der Waals surface area contributed by atoms with Crippen molar-refractivity contribution in [3.63, 3.8) is 0 Å². The minimum Gasteiger partial charge on any atom is -0.396 e. The van der Waals surface area contributed by atoms with Crippen LogP contribution in [-0.4, -0.2) is 27.8 Å². The number of fused-ring (bicyclic) bond motifs is 2. The first kappa shape index (κ1) is 20.1. The van der Waals surface area contributed by atoms with E-state index in [1.807, 2.05) is 30.4 Å². The molecule has 0 saturated heterocycles. The van der Waals surface area contributed by atoms with Gasteiger partial charge in [0.2, 0.25) is 5.91 Å². The molecule has 4 rings (SSSR count). The highest BCUT2D eigenvalue weighted by Crippen LogP contribution is 2.30. The predicted octanol–water partition coefficient (Wildman–Crippen LogP) is 3.36. The van der Waals surface area contributed by atoms with Crippen LogP contribution < -0.4 is 15.8 Å². The number of amides is 1. The lowest BCUT2D eigenvalue weighted by molar-refractivity contribution is -0.116. The molecule has 154 valence electrons. The Morgan fingerprint density at radius 2 is 2.00 bits per heavy atom. The first-order valence-electron chi connectivity index (χ1n) is 10.6. The van der Waals surface area contributed by atoms with E-state index in [0.717, 1.165) is 41.5 Å². The van der Waals surface area contributed by atoms with E-state index in [4.69, 9.17) is 5.11 Å². The summed E-state index contributed by atoms with van der Waals surface area (Å²) < 4.78 is 0. The molecule has 5 heteroatoms. The summed E-state index contributed by atoms with van der Waals surface area (Å²) in [6, 6.07) is 14.3. The van der Waals surface area contributed by atoms with Gasteiger partial charge in [-0.15, -0.1) is 0 Å². The Morgan fingerprint density at radius 1 is 1.17 bits per heavy atom. The summed E-state index contributed by atoms with van der Waals surface area (Å²) in [7, 11) is 0. The minimum absolute atomic E-state index is 0.0152. The molecule has 1 aliphatic rings. The fourth-order valence-electron chi connectivity index (χ4n) is 3.89. The van der Waals surface area contributed by atoms with Gasteiger partial charge in [0.15, 0.2) is 0 Å². The van der Waals surface area contributed by atoms with Gasteiger partial charge in [-0.3, -0.25) is 9.89 Å². The van der Waals surface area contributed by atoms with Crippen molar-refractivity contribution in [1.82, 2.24) is 10.2 Å². The Bertz CT molecular complexity index is 1180. The summed E-state index contributed by atoms with van der Waals surface area (Å²) in [5.41, 5.74) is 2.79. The number of aromatic nitrogens is 2. The van der Waals surface area contributed by atoms with Crippen molar-refractivity contribution in [1.29, 1.82) is 0 Å². The Balaban J connectivity index is 1.46. The maximum Gasteiger partial charge on any atom is 0.224 e. The fraction of sp³-hybridized carbons (Fsp3) is 0.280. The van der Waals surface area contributed by atoms with Crippen LogP contribution in [0.3, 0.4) is 0 Å². The smallest absolute Gasteiger partial charge is 0.224 e. The Kier molecular flexibility index (Phi) is 6.40. The summed E-state index contributed by atoms with van der Waals surface area (Å²) >= 11 is 0. The molecule has 1 heterocycles. The number of carbonyl (C=O) groups excluding carboxylic acids is 1. The van der Waals surface area contributed by atoms with E-state index in [2.05, 4.69) is 51.9 Å². The van der Waals surface area contributed by atoms with Gasteiger partial charge in [-0.1, -0.05) is 48.6 Å². The number of rotatable bonds is 8. The third kappa shape index (κ3) is 4.69. The number of unbranched alkanes of at least 4 members (excludes halogenated alkanes) is 1. The van der Waals surface area contributed by atoms with Crippen LogP contribution in [0.4, 0.5) is 5.69 Å². The molecule has 0 aliphatic heterocycles. The van der Waals surface area contributed by atoms with Crippen molar-refractivity contribution in [3.05, 3.63) is 70.7 Å². The minimum atomic E-state index is 0.0152. The Hall–Kier alpha value is -3.18. The van der Waals surface area contributed by atoms with Gasteiger partial charge < -0.3 is 10.4 Å². The normalized spacial score (nSPS) is 15.6. The maximum absolute atomic E-state index is 12.3. The van der Waals surface area contributed by atoms with Crippen molar-refractivity contribution in [2.75, 3.05) is 11.9 Å². The third-order valence-electron chi connectivity index (χ3n) is 5.44. The van der Waals surface area contributed by atoms with Gasteiger partial charge >= 0.3 is 0 Å². The maximum atomic E-state index is 12.3. The topological polar surface area (TPSA) is 78.0 Å². The highest BCUT2D eigenvalue weighted by molar-refractivity contribution is 5.94. The molecule has 2 aromatic carbocycles. The lowest BCUT2D eigenvalue weighted by Gasteiger charge is -2.13. The average Bonchev–Trinajstić information content (AvgIpc) is 3.19. The molecule has 1 aliphatic carbocycles. The summed E-state index contributed by atoms with van der Waals surface area (Å²) in [5.74, 6) is 0.253. The number of H-pyrrole nitrogens is 1. The lowest BCUT2D eigenvalue weighted by atomic mass is 9.92. The molecule has 0 spiro atoms. The van der Waals surface area contributed by atoms with Gasteiger partial charge in [-0.25, -0.2) is 0 Å². The number of aliphatic hydroxyl groups excluding tert-OH is 1. The molecule has 5 nitrogen and oxygen atoms in total. The standard InChI is InChI=1S/C25H27N3O2/c29-15-7-3-1-2-4-10-24(30)26-21-13-14-23-22(17-21)25(28-27-23)20-12-11-18-8-5-6-9-19(18)16-20/h1,3,5-6,8-9,11,13-14,16-17,20,29H,2,4,7,10,12,15H2,(H,26,30)(H,27,28)/b3-1+. The quantitative estimate of drug-likeness (QED) is 0.400. The number of aromatic amines is 1. The number of nitrogens with one attached hydrogen (secondary N) is 2. The highest BCUT2D eigenvalue weighted by Gasteiger charge is 2.16. The van der Waals surface area contributed by atoms with Crippen molar-refractivity contribution in [2.24, 2.45) is 0 Å². The van der Waals surface area contributed by atoms with Crippen LogP contribution >= 0.6 is 0 Å². The van der Waals surface area contributed by atoms with Gasteiger partial charge in [0, 0.05) is 30.0 Å². The van der Waals surface area contributed by atoms with Gasteiger partial charge in [0.25, 0.3) is 0 Å². The van der Waals surface area contributed by atoms with Crippen molar-refractivity contribution in [2.45, 2.75) is 38.0 Å². The largest absolute Gasteiger partial charge is 0.396 e. The second-order valence-corrected chi connectivity index (χ2v) is 7.64. The van der Waals surface area contributed by atoms with E-state index in [9.17, 15) is 4.79 Å².